The molecule has 4 fully saturated rings. The van der Waals surface area contributed by atoms with Crippen LogP contribution < -0.4 is 0 Å². The van der Waals surface area contributed by atoms with Gasteiger partial charge in [0.15, 0.2) is 0 Å². The van der Waals surface area contributed by atoms with Gasteiger partial charge in [-0.1, -0.05) is 25.1 Å². The van der Waals surface area contributed by atoms with Crippen molar-refractivity contribution in [3.05, 3.63) is 12.2 Å². The molecule has 4 saturated carbocycles. The van der Waals surface area contributed by atoms with E-state index in [2.05, 4.69) is 30.0 Å². The quantitative estimate of drug-likeness (QED) is 0.377. The second kappa shape index (κ2) is 9.15. The number of oxime groups is 1. The van der Waals surface area contributed by atoms with Gasteiger partial charge in [0.25, 0.3) is 0 Å². The molecule has 2 N–H and O–H groups in total. The Bertz CT molecular complexity index is 680. The van der Waals surface area contributed by atoms with Crippen LogP contribution in [0, 0.1) is 40.4 Å². The zero-order valence-corrected chi connectivity index (χ0v) is 20.0. The van der Waals surface area contributed by atoms with Crippen molar-refractivity contribution in [3.63, 3.8) is 0 Å². The fourth-order valence-corrected chi connectivity index (χ4v) is 8.04. The van der Waals surface area contributed by atoms with Gasteiger partial charge in [0.2, 0.25) is 0 Å². The molecule has 0 saturated heterocycles. The van der Waals surface area contributed by atoms with E-state index < -0.39 is 0 Å². The summed E-state index contributed by atoms with van der Waals surface area (Å²) in [5, 5.41) is 26.0. The minimum atomic E-state index is -0.203. The molecule has 9 atom stereocenters. The zero-order chi connectivity index (χ0) is 22.2. The molecule has 5 heteroatoms. The largest absolute Gasteiger partial charge is 0.394 e. The van der Waals surface area contributed by atoms with E-state index in [0.717, 1.165) is 38.6 Å². The molecule has 0 aromatic heterocycles. The van der Waals surface area contributed by atoms with E-state index in [1.54, 1.807) is 6.21 Å². The van der Waals surface area contributed by atoms with E-state index in [0.29, 0.717) is 36.2 Å². The normalized spacial score (nSPS) is 47.5. The Morgan fingerprint density at radius 2 is 1.71 bits per heavy atom. The zero-order valence-electron chi connectivity index (χ0n) is 20.0. The number of rotatable bonds is 6. The number of hydrogen-bond donors (Lipinski definition) is 2. The Morgan fingerprint density at radius 1 is 0.968 bits per heavy atom. The molecule has 0 bridgehead atoms. The molecule has 0 aliphatic heterocycles. The maximum Gasteiger partial charge on any atom is 0.129 e. The fraction of sp³-hybridized carbons (Fsp3) is 0.885. The van der Waals surface area contributed by atoms with Crippen LogP contribution in [0.5, 0.6) is 0 Å². The topological polar surface area (TPSA) is 65.3 Å². The Kier molecular flexibility index (Phi) is 6.86. The van der Waals surface area contributed by atoms with Crippen LogP contribution in [-0.2, 0) is 4.84 Å². The number of hydrogen-bond acceptors (Lipinski definition) is 5. The van der Waals surface area contributed by atoms with Crippen LogP contribution in [0.3, 0.4) is 0 Å². The summed E-state index contributed by atoms with van der Waals surface area (Å²) in [6, 6.07) is 0. The number of aliphatic hydroxyl groups is 2. The van der Waals surface area contributed by atoms with E-state index in [1.165, 1.54) is 19.3 Å². The van der Waals surface area contributed by atoms with Crippen molar-refractivity contribution in [3.8, 4) is 0 Å². The van der Waals surface area contributed by atoms with Crippen LogP contribution in [0.2, 0.25) is 0 Å². The lowest BCUT2D eigenvalue weighted by Crippen LogP contribution is -2.58. The molecular weight excluding hydrogens is 388 g/mol. The van der Waals surface area contributed by atoms with Crippen molar-refractivity contribution >= 4 is 6.21 Å². The van der Waals surface area contributed by atoms with E-state index in [1.807, 2.05) is 20.2 Å². The Balaban J connectivity index is 1.37. The first-order valence-corrected chi connectivity index (χ1v) is 12.6. The molecule has 0 aromatic carbocycles. The molecule has 4 rings (SSSR count). The SMILES string of the molecule is CN(C)CCO/N=C/C=C\C1CC[C@@]2(C)[C@H](C1)[C@@H](O)C[C@@H]1[C@@H]2CC[C@]2(C)C(O)CC[C@@H]12. The Hall–Kier alpha value is -0.910. The predicted octanol–water partition coefficient (Wildman–Crippen LogP) is 4.10. The minimum absolute atomic E-state index is 0.0813. The van der Waals surface area contributed by atoms with Gasteiger partial charge in [0, 0.05) is 6.54 Å². The highest BCUT2D eigenvalue weighted by Crippen LogP contribution is 2.66. The third-order valence-electron chi connectivity index (χ3n) is 9.90. The first-order valence-electron chi connectivity index (χ1n) is 12.6. The van der Waals surface area contributed by atoms with Crippen LogP contribution in [-0.4, -0.2) is 60.8 Å². The maximum atomic E-state index is 11.3. The molecule has 0 radical (unpaired) electrons. The number of allylic oxidation sites excluding steroid dienone is 2. The molecule has 0 amide bonds. The Morgan fingerprint density at radius 3 is 2.48 bits per heavy atom. The average molecular weight is 433 g/mol. The minimum Gasteiger partial charge on any atom is -0.394 e. The summed E-state index contributed by atoms with van der Waals surface area (Å²) in [5.41, 5.74) is 0.322. The molecular formula is C26H44N2O3. The van der Waals surface area contributed by atoms with E-state index >= 15 is 0 Å². The van der Waals surface area contributed by atoms with Gasteiger partial charge in [0.05, 0.1) is 18.4 Å². The monoisotopic (exact) mass is 432 g/mol. The van der Waals surface area contributed by atoms with Crippen LogP contribution >= 0.6 is 0 Å². The second-order valence-electron chi connectivity index (χ2n) is 11.7. The van der Waals surface area contributed by atoms with Crippen molar-refractivity contribution in [1.82, 2.24) is 4.90 Å². The van der Waals surface area contributed by atoms with E-state index in [-0.39, 0.29) is 23.0 Å². The van der Waals surface area contributed by atoms with Crippen molar-refractivity contribution in [2.45, 2.75) is 77.4 Å². The third kappa shape index (κ3) is 4.35. The number of aliphatic hydroxyl groups excluding tert-OH is 2. The summed E-state index contributed by atoms with van der Waals surface area (Å²) >= 11 is 0. The van der Waals surface area contributed by atoms with Gasteiger partial charge in [0.1, 0.15) is 6.61 Å². The summed E-state index contributed by atoms with van der Waals surface area (Å²) < 4.78 is 0. The van der Waals surface area contributed by atoms with Crippen molar-refractivity contribution < 1.29 is 15.1 Å². The molecule has 4 aliphatic carbocycles. The van der Waals surface area contributed by atoms with Gasteiger partial charge in [-0.15, -0.1) is 0 Å². The first kappa shape index (κ1) is 23.3. The summed E-state index contributed by atoms with van der Waals surface area (Å²) in [5.74, 6) is 2.79. The molecule has 0 spiro atoms. The molecule has 4 aliphatic rings. The van der Waals surface area contributed by atoms with Crippen molar-refractivity contribution in [1.29, 1.82) is 0 Å². The smallest absolute Gasteiger partial charge is 0.129 e. The van der Waals surface area contributed by atoms with Crippen LogP contribution in [0.25, 0.3) is 0 Å². The van der Waals surface area contributed by atoms with Crippen LogP contribution in [0.4, 0.5) is 0 Å². The lowest BCUT2D eigenvalue weighted by Gasteiger charge is -2.62. The number of nitrogens with zero attached hydrogens (tertiary/aromatic N) is 2. The van der Waals surface area contributed by atoms with Gasteiger partial charge < -0.3 is 20.0 Å². The molecule has 176 valence electrons. The van der Waals surface area contributed by atoms with Gasteiger partial charge in [-0.05, 0) is 112 Å². The van der Waals surface area contributed by atoms with E-state index in [9.17, 15) is 10.2 Å². The summed E-state index contributed by atoms with van der Waals surface area (Å²) in [4.78, 5) is 7.36. The summed E-state index contributed by atoms with van der Waals surface area (Å²) in [6.07, 6.45) is 14.6. The highest BCUT2D eigenvalue weighted by atomic mass is 16.6. The van der Waals surface area contributed by atoms with Gasteiger partial charge in [-0.25, -0.2) is 0 Å². The first-order chi connectivity index (χ1) is 14.8. The molecule has 5 nitrogen and oxygen atoms in total. The number of likely N-dealkylation sites (N-methyl/N-ethyl adjacent to an activating group) is 1. The maximum absolute atomic E-state index is 11.3. The lowest BCUT2D eigenvalue weighted by atomic mass is 9.44. The van der Waals surface area contributed by atoms with Gasteiger partial charge >= 0.3 is 0 Å². The predicted molar refractivity (Wildman–Crippen MR) is 125 cm³/mol. The van der Waals surface area contributed by atoms with Gasteiger partial charge in [-0.2, -0.15) is 0 Å². The summed E-state index contributed by atoms with van der Waals surface area (Å²) in [6.45, 7) is 6.27. The van der Waals surface area contributed by atoms with Gasteiger partial charge in [-0.3, -0.25) is 0 Å². The van der Waals surface area contributed by atoms with Crippen molar-refractivity contribution in [2.75, 3.05) is 27.2 Å². The van der Waals surface area contributed by atoms with Crippen LogP contribution in [0.15, 0.2) is 17.3 Å². The van der Waals surface area contributed by atoms with Crippen LogP contribution in [0.1, 0.15) is 65.2 Å². The third-order valence-corrected chi connectivity index (χ3v) is 9.90. The Labute approximate surface area is 188 Å². The molecule has 0 aromatic rings. The summed E-state index contributed by atoms with van der Waals surface area (Å²) in [7, 11) is 4.05. The van der Waals surface area contributed by atoms with E-state index in [4.69, 9.17) is 4.84 Å². The fourth-order valence-electron chi connectivity index (χ4n) is 8.04. The lowest BCUT2D eigenvalue weighted by molar-refractivity contribution is -0.166. The highest BCUT2D eigenvalue weighted by molar-refractivity contribution is 5.70. The average Bonchev–Trinajstić information content (AvgIpc) is 3.03. The second-order valence-corrected chi connectivity index (χ2v) is 11.7. The number of fused-ring (bicyclic) bond motifs is 5. The standard InChI is InChI=1S/C26H44N2O3/c1-25-11-9-18(6-5-13-27-31-15-14-28(3)4)16-22(25)23(29)17-19-20-7-8-24(30)26(20,2)12-10-21(19)25/h5-6,13,18-24,29-30H,7-12,14-17H2,1-4H3/b6-5-,27-13+/t18?,19-,20-,21-,22+,23-,24?,25+,26-/m0/s1. The molecule has 0 heterocycles. The molecule has 31 heavy (non-hydrogen) atoms. The van der Waals surface area contributed by atoms with Crippen molar-refractivity contribution in [2.24, 2.45) is 45.6 Å². The highest BCUT2D eigenvalue weighted by Gasteiger charge is 2.61. The molecule has 2 unspecified atom stereocenters.